The molecule has 0 saturated carbocycles. The maximum absolute atomic E-state index is 5.93. The van der Waals surface area contributed by atoms with E-state index in [0.29, 0.717) is 5.03 Å². The predicted molar refractivity (Wildman–Crippen MR) is 72.2 cm³/mol. The Morgan fingerprint density at radius 1 is 1.38 bits per heavy atom. The number of anilines is 1. The zero-order chi connectivity index (χ0) is 11.8. The van der Waals surface area contributed by atoms with Crippen LogP contribution in [0.15, 0.2) is 46.0 Å². The Morgan fingerprint density at radius 2 is 2.06 bits per heavy atom. The van der Waals surface area contributed by atoms with Crippen molar-refractivity contribution in [3.8, 4) is 0 Å². The number of allylic oxidation sites excluding steroid dienone is 1. The Morgan fingerprint density at radius 3 is 2.62 bits per heavy atom. The van der Waals surface area contributed by atoms with Crippen molar-refractivity contribution >= 4 is 34.6 Å². The van der Waals surface area contributed by atoms with E-state index in [9.17, 15) is 0 Å². The minimum absolute atomic E-state index is 0.479. The Kier molecular flexibility index (Phi) is 5.98. The average Bonchev–Trinajstić information content (AvgIpc) is 2.34. The van der Waals surface area contributed by atoms with E-state index in [4.69, 9.17) is 23.2 Å². The lowest BCUT2D eigenvalue weighted by Crippen LogP contribution is -2.02. The van der Waals surface area contributed by atoms with Crippen LogP contribution in [0.1, 0.15) is 19.8 Å². The molecule has 0 unspecified atom stereocenters. The Bertz CT molecular complexity index is 372. The van der Waals surface area contributed by atoms with E-state index in [0.717, 1.165) is 24.2 Å². The number of nitrogens with zero attached hydrogens (tertiary/aromatic N) is 1. The highest BCUT2D eigenvalue weighted by Gasteiger charge is 2.02. The molecule has 16 heavy (non-hydrogen) atoms. The molecule has 0 radical (unpaired) electrons. The second-order valence-corrected chi connectivity index (χ2v) is 3.87. The van der Waals surface area contributed by atoms with Crippen molar-refractivity contribution in [1.82, 2.24) is 0 Å². The molecular weight excluding hydrogens is 243 g/mol. The van der Waals surface area contributed by atoms with Crippen LogP contribution in [0, 0.1) is 0 Å². The third kappa shape index (κ3) is 4.25. The van der Waals surface area contributed by atoms with Crippen molar-refractivity contribution in [3.63, 3.8) is 0 Å². The Labute approximate surface area is 106 Å². The molecule has 0 saturated heterocycles. The molecule has 0 aliphatic carbocycles. The fourth-order valence-electron chi connectivity index (χ4n) is 1.17. The van der Waals surface area contributed by atoms with Gasteiger partial charge >= 0.3 is 0 Å². The fraction of sp³-hybridized carbons (Fsp3) is 0.250. The van der Waals surface area contributed by atoms with E-state index in [-0.39, 0.29) is 0 Å². The molecule has 0 heterocycles. The van der Waals surface area contributed by atoms with Crippen molar-refractivity contribution in [3.05, 3.63) is 40.9 Å². The number of nitrogens with one attached hydrogen (secondary N) is 1. The highest BCUT2D eigenvalue weighted by atomic mass is 35.5. The molecule has 0 bridgehead atoms. The second kappa shape index (κ2) is 7.31. The molecule has 1 N–H and O–H groups in total. The molecule has 0 aromatic heterocycles. The number of halogens is 2. The van der Waals surface area contributed by atoms with Gasteiger partial charge in [-0.05, 0) is 18.6 Å². The van der Waals surface area contributed by atoms with E-state index in [1.54, 1.807) is 0 Å². The van der Waals surface area contributed by atoms with Gasteiger partial charge in [0.1, 0.15) is 0 Å². The van der Waals surface area contributed by atoms with Crippen LogP contribution in [-0.4, -0.2) is 5.71 Å². The van der Waals surface area contributed by atoms with E-state index in [1.165, 1.54) is 5.54 Å². The first-order chi connectivity index (χ1) is 7.77. The van der Waals surface area contributed by atoms with Crippen molar-refractivity contribution in [2.24, 2.45) is 5.10 Å². The van der Waals surface area contributed by atoms with E-state index < -0.39 is 0 Å². The molecule has 0 atom stereocenters. The summed E-state index contributed by atoms with van der Waals surface area (Å²) >= 11 is 11.5. The van der Waals surface area contributed by atoms with E-state index >= 15 is 0 Å². The summed E-state index contributed by atoms with van der Waals surface area (Å²) in [5.74, 6) is 0. The molecule has 0 amide bonds. The molecule has 1 rings (SSSR count). The minimum Gasteiger partial charge on any atom is -0.278 e. The zero-order valence-electron chi connectivity index (χ0n) is 9.08. The lowest BCUT2D eigenvalue weighted by molar-refractivity contribution is 0.990. The van der Waals surface area contributed by atoms with Crippen molar-refractivity contribution < 1.29 is 0 Å². The molecule has 0 aliphatic rings. The number of hydrogen-bond donors (Lipinski definition) is 1. The molecule has 86 valence electrons. The number of benzene rings is 1. The molecule has 2 nitrogen and oxygen atoms in total. The lowest BCUT2D eigenvalue weighted by atomic mass is 10.2. The number of rotatable bonds is 5. The normalized spacial score (nSPS) is 12.7. The third-order valence-electron chi connectivity index (χ3n) is 1.95. The summed E-state index contributed by atoms with van der Waals surface area (Å²) in [6, 6.07) is 9.71. The topological polar surface area (TPSA) is 24.4 Å². The van der Waals surface area contributed by atoms with Crippen molar-refractivity contribution in [2.75, 3.05) is 5.43 Å². The van der Waals surface area contributed by atoms with Crippen LogP contribution >= 0.6 is 23.2 Å². The summed E-state index contributed by atoms with van der Waals surface area (Å²) in [5, 5.41) is 4.72. The van der Waals surface area contributed by atoms with Gasteiger partial charge in [0.2, 0.25) is 0 Å². The first kappa shape index (κ1) is 13.1. The van der Waals surface area contributed by atoms with Crippen LogP contribution in [0.5, 0.6) is 0 Å². The standard InChI is InChI=1S/C12H14Cl2N2/c1-2-6-12(11(14)9-13)16-15-10-7-4-3-5-8-10/h3-5,7-9,15H,2,6H2,1H3. The van der Waals surface area contributed by atoms with Crippen LogP contribution in [0.25, 0.3) is 0 Å². The van der Waals surface area contributed by atoms with Gasteiger partial charge in [0, 0.05) is 5.54 Å². The SMILES string of the molecule is CCCC(=NNc1ccccc1)C(Cl)=CCl. The number of hydrogen-bond acceptors (Lipinski definition) is 2. The quantitative estimate of drug-likeness (QED) is 0.606. The maximum Gasteiger partial charge on any atom is 0.0801 e. The number of hydrazone groups is 1. The minimum atomic E-state index is 0.479. The van der Waals surface area contributed by atoms with Crippen LogP contribution in [-0.2, 0) is 0 Å². The van der Waals surface area contributed by atoms with Crippen LogP contribution in [0.2, 0.25) is 0 Å². The van der Waals surface area contributed by atoms with E-state index in [2.05, 4.69) is 17.5 Å². The van der Waals surface area contributed by atoms with Gasteiger partial charge in [0.25, 0.3) is 0 Å². The summed E-state index contributed by atoms with van der Waals surface area (Å²) < 4.78 is 0. The summed E-state index contributed by atoms with van der Waals surface area (Å²) in [6.45, 7) is 2.07. The molecule has 1 aromatic carbocycles. The molecule has 1 aromatic rings. The average molecular weight is 257 g/mol. The van der Waals surface area contributed by atoms with Gasteiger partial charge in [-0.15, -0.1) is 0 Å². The highest BCUT2D eigenvalue weighted by Crippen LogP contribution is 2.12. The molecule has 0 aliphatic heterocycles. The van der Waals surface area contributed by atoms with Crippen molar-refractivity contribution in [2.45, 2.75) is 19.8 Å². The van der Waals surface area contributed by atoms with Gasteiger partial charge in [-0.2, -0.15) is 5.10 Å². The largest absolute Gasteiger partial charge is 0.278 e. The third-order valence-corrected chi connectivity index (χ3v) is 2.61. The second-order valence-electron chi connectivity index (χ2n) is 3.24. The molecular formula is C12H14Cl2N2. The first-order valence-electron chi connectivity index (χ1n) is 5.11. The van der Waals surface area contributed by atoms with Crippen LogP contribution in [0.3, 0.4) is 0 Å². The van der Waals surface area contributed by atoms with Gasteiger partial charge in [-0.25, -0.2) is 0 Å². The van der Waals surface area contributed by atoms with Gasteiger partial charge in [0.05, 0.1) is 16.4 Å². The molecule has 4 heteroatoms. The van der Waals surface area contributed by atoms with Crippen molar-refractivity contribution in [1.29, 1.82) is 0 Å². The van der Waals surface area contributed by atoms with Gasteiger partial charge < -0.3 is 0 Å². The number of para-hydroxylation sites is 1. The fourth-order valence-corrected chi connectivity index (χ4v) is 1.44. The Balaban J connectivity index is 2.72. The van der Waals surface area contributed by atoms with E-state index in [1.807, 2.05) is 30.3 Å². The van der Waals surface area contributed by atoms with Crippen LogP contribution < -0.4 is 5.43 Å². The summed E-state index contributed by atoms with van der Waals surface area (Å²) in [6.07, 6.45) is 1.76. The zero-order valence-corrected chi connectivity index (χ0v) is 10.6. The Hall–Kier alpha value is -0.990. The van der Waals surface area contributed by atoms with Gasteiger partial charge in [0.15, 0.2) is 0 Å². The van der Waals surface area contributed by atoms with Gasteiger partial charge in [-0.1, -0.05) is 54.7 Å². The van der Waals surface area contributed by atoms with Gasteiger partial charge in [-0.3, -0.25) is 5.43 Å². The molecule has 0 spiro atoms. The predicted octanol–water partition coefficient (Wildman–Crippen LogP) is 4.57. The monoisotopic (exact) mass is 256 g/mol. The highest BCUT2D eigenvalue weighted by molar-refractivity contribution is 6.47. The first-order valence-corrected chi connectivity index (χ1v) is 5.93. The lowest BCUT2D eigenvalue weighted by Gasteiger charge is -2.04. The smallest absolute Gasteiger partial charge is 0.0801 e. The molecule has 0 fully saturated rings. The maximum atomic E-state index is 5.93. The summed E-state index contributed by atoms with van der Waals surface area (Å²) in [7, 11) is 0. The summed E-state index contributed by atoms with van der Waals surface area (Å²) in [4.78, 5) is 0. The van der Waals surface area contributed by atoms with Crippen LogP contribution in [0.4, 0.5) is 5.69 Å². The summed E-state index contributed by atoms with van der Waals surface area (Å²) in [5.41, 5.74) is 5.98.